The van der Waals surface area contributed by atoms with Gasteiger partial charge in [0.15, 0.2) is 0 Å². The number of nitrogens with zero attached hydrogens (tertiary/aromatic N) is 1. The van der Waals surface area contributed by atoms with Gasteiger partial charge in [-0.15, -0.1) is 11.3 Å². The Kier molecular flexibility index (Phi) is 3.49. The molecule has 78 valence electrons. The summed E-state index contributed by atoms with van der Waals surface area (Å²) in [5.74, 6) is 0.706. The van der Waals surface area contributed by atoms with Crippen LogP contribution in [0.3, 0.4) is 0 Å². The zero-order valence-electron chi connectivity index (χ0n) is 8.20. The van der Waals surface area contributed by atoms with E-state index in [2.05, 4.69) is 58.0 Å². The Morgan fingerprint density at radius 1 is 1.47 bits per heavy atom. The molecule has 0 bridgehead atoms. The first-order valence-electron chi connectivity index (χ1n) is 4.52. The fraction of sp³-hybridized carbons (Fsp3) is 0.182. The first kappa shape index (κ1) is 11.2. The average molecular weight is 300 g/mol. The van der Waals surface area contributed by atoms with Crippen LogP contribution in [0.25, 0.3) is 11.3 Å². The van der Waals surface area contributed by atoms with Crippen LogP contribution in [0, 0.1) is 6.92 Å². The highest BCUT2D eigenvalue weighted by molar-refractivity contribution is 9.10. The molecule has 0 N–H and O–H groups in total. The predicted octanol–water partition coefficient (Wildman–Crippen LogP) is 4.31. The summed E-state index contributed by atoms with van der Waals surface area (Å²) in [6.45, 7) is 2.10. The molecule has 1 heterocycles. The molecule has 0 aliphatic rings. The molecule has 1 aromatic heterocycles. The van der Waals surface area contributed by atoms with Gasteiger partial charge in [-0.3, -0.25) is 0 Å². The highest BCUT2D eigenvalue weighted by Crippen LogP contribution is 2.28. The largest absolute Gasteiger partial charge is 0.240 e. The van der Waals surface area contributed by atoms with Crippen LogP contribution in [0.1, 0.15) is 10.6 Å². The second-order valence-corrected chi connectivity index (χ2v) is 5.42. The van der Waals surface area contributed by atoms with E-state index in [0.29, 0.717) is 5.75 Å². The molecule has 1 nitrogen and oxygen atoms in total. The van der Waals surface area contributed by atoms with E-state index in [4.69, 9.17) is 0 Å². The van der Waals surface area contributed by atoms with Crippen LogP contribution >= 0.6 is 39.9 Å². The molecule has 2 aromatic rings. The Bertz CT molecular complexity index is 479. The molecule has 0 atom stereocenters. The SMILES string of the molecule is Cc1ccc(Br)cc1-c1csc(CS)n1. The number of rotatable bonds is 2. The van der Waals surface area contributed by atoms with Gasteiger partial charge in [-0.1, -0.05) is 22.0 Å². The Morgan fingerprint density at radius 3 is 2.93 bits per heavy atom. The highest BCUT2D eigenvalue weighted by Gasteiger charge is 2.06. The number of thiazole rings is 1. The van der Waals surface area contributed by atoms with Crippen molar-refractivity contribution in [1.29, 1.82) is 0 Å². The average Bonchev–Trinajstić information content (AvgIpc) is 2.70. The van der Waals surface area contributed by atoms with Crippen LogP contribution in [0.4, 0.5) is 0 Å². The summed E-state index contributed by atoms with van der Waals surface area (Å²) in [6.07, 6.45) is 0. The third-order valence-corrected chi connectivity index (χ3v) is 4.02. The quantitative estimate of drug-likeness (QED) is 0.815. The van der Waals surface area contributed by atoms with Crippen molar-refractivity contribution in [1.82, 2.24) is 4.98 Å². The monoisotopic (exact) mass is 299 g/mol. The maximum Gasteiger partial charge on any atom is 0.103 e. The number of halogens is 1. The summed E-state index contributed by atoms with van der Waals surface area (Å²) in [5.41, 5.74) is 3.48. The number of benzene rings is 1. The van der Waals surface area contributed by atoms with Crippen LogP contribution in [0.2, 0.25) is 0 Å². The van der Waals surface area contributed by atoms with Crippen molar-refractivity contribution >= 4 is 39.9 Å². The number of aryl methyl sites for hydroxylation is 1. The topological polar surface area (TPSA) is 12.9 Å². The third kappa shape index (κ3) is 2.44. The lowest BCUT2D eigenvalue weighted by molar-refractivity contribution is 1.26. The van der Waals surface area contributed by atoms with Crippen LogP contribution in [-0.2, 0) is 5.75 Å². The summed E-state index contributed by atoms with van der Waals surface area (Å²) >= 11 is 9.35. The minimum Gasteiger partial charge on any atom is -0.240 e. The van der Waals surface area contributed by atoms with E-state index in [1.807, 2.05) is 6.07 Å². The Morgan fingerprint density at radius 2 is 2.27 bits per heavy atom. The number of hydrogen-bond acceptors (Lipinski definition) is 3. The van der Waals surface area contributed by atoms with Crippen LogP contribution in [0.15, 0.2) is 28.1 Å². The van der Waals surface area contributed by atoms with Crippen molar-refractivity contribution in [3.63, 3.8) is 0 Å². The zero-order chi connectivity index (χ0) is 10.8. The van der Waals surface area contributed by atoms with Gasteiger partial charge in [-0.25, -0.2) is 4.98 Å². The summed E-state index contributed by atoms with van der Waals surface area (Å²) in [5, 5.41) is 3.15. The molecule has 0 fully saturated rings. The molecular formula is C11H10BrNS2. The molecule has 0 saturated carbocycles. The lowest BCUT2D eigenvalue weighted by Crippen LogP contribution is -1.84. The Balaban J connectivity index is 2.48. The molecule has 0 aliphatic heterocycles. The highest BCUT2D eigenvalue weighted by atomic mass is 79.9. The van der Waals surface area contributed by atoms with Gasteiger partial charge in [0, 0.05) is 21.2 Å². The second-order valence-electron chi connectivity index (χ2n) is 3.24. The summed E-state index contributed by atoms with van der Waals surface area (Å²) < 4.78 is 1.09. The minimum atomic E-state index is 0.706. The minimum absolute atomic E-state index is 0.706. The molecule has 0 unspecified atom stereocenters. The van der Waals surface area contributed by atoms with E-state index < -0.39 is 0 Å². The second kappa shape index (κ2) is 4.68. The van der Waals surface area contributed by atoms with Crippen molar-refractivity contribution in [3.8, 4) is 11.3 Å². The maximum atomic E-state index is 4.52. The van der Waals surface area contributed by atoms with Gasteiger partial charge in [-0.05, 0) is 24.6 Å². The van der Waals surface area contributed by atoms with E-state index in [0.717, 1.165) is 15.2 Å². The zero-order valence-corrected chi connectivity index (χ0v) is 11.5. The first-order valence-corrected chi connectivity index (χ1v) is 6.83. The van der Waals surface area contributed by atoms with Gasteiger partial charge in [0.1, 0.15) is 5.01 Å². The third-order valence-electron chi connectivity index (χ3n) is 2.16. The van der Waals surface area contributed by atoms with Crippen molar-refractivity contribution in [3.05, 3.63) is 38.6 Å². The first-order chi connectivity index (χ1) is 7.20. The summed E-state index contributed by atoms with van der Waals surface area (Å²) in [4.78, 5) is 4.52. The maximum absolute atomic E-state index is 4.52. The van der Waals surface area contributed by atoms with Gasteiger partial charge in [0.05, 0.1) is 5.69 Å². The molecule has 2 rings (SSSR count). The lowest BCUT2D eigenvalue weighted by atomic mass is 10.1. The molecule has 0 spiro atoms. The van der Waals surface area contributed by atoms with E-state index in [1.165, 1.54) is 11.1 Å². The fourth-order valence-electron chi connectivity index (χ4n) is 1.38. The van der Waals surface area contributed by atoms with Gasteiger partial charge >= 0.3 is 0 Å². The van der Waals surface area contributed by atoms with Crippen LogP contribution in [0.5, 0.6) is 0 Å². The summed E-state index contributed by atoms with van der Waals surface area (Å²) in [7, 11) is 0. The normalized spacial score (nSPS) is 10.6. The van der Waals surface area contributed by atoms with Crippen molar-refractivity contribution in [2.24, 2.45) is 0 Å². The van der Waals surface area contributed by atoms with Crippen molar-refractivity contribution in [2.45, 2.75) is 12.7 Å². The van der Waals surface area contributed by atoms with Gasteiger partial charge < -0.3 is 0 Å². The molecule has 1 aromatic carbocycles. The van der Waals surface area contributed by atoms with E-state index in [9.17, 15) is 0 Å². The van der Waals surface area contributed by atoms with Crippen molar-refractivity contribution in [2.75, 3.05) is 0 Å². The smallest absolute Gasteiger partial charge is 0.103 e. The number of thiol groups is 1. The Labute approximate surface area is 107 Å². The van der Waals surface area contributed by atoms with Crippen LogP contribution < -0.4 is 0 Å². The van der Waals surface area contributed by atoms with E-state index >= 15 is 0 Å². The van der Waals surface area contributed by atoms with E-state index in [1.54, 1.807) is 11.3 Å². The summed E-state index contributed by atoms with van der Waals surface area (Å²) in [6, 6.07) is 6.25. The van der Waals surface area contributed by atoms with Gasteiger partial charge in [0.25, 0.3) is 0 Å². The fourth-order valence-corrected chi connectivity index (χ4v) is 2.69. The Hall–Kier alpha value is -0.320. The van der Waals surface area contributed by atoms with Crippen molar-refractivity contribution < 1.29 is 0 Å². The molecule has 0 aliphatic carbocycles. The molecular weight excluding hydrogens is 290 g/mol. The number of aromatic nitrogens is 1. The number of hydrogen-bond donors (Lipinski definition) is 1. The van der Waals surface area contributed by atoms with E-state index in [-0.39, 0.29) is 0 Å². The molecule has 15 heavy (non-hydrogen) atoms. The standard InChI is InChI=1S/C11H10BrNS2/c1-7-2-3-8(12)4-9(7)10-6-15-11(5-14)13-10/h2-4,6,14H,5H2,1H3. The van der Waals surface area contributed by atoms with Gasteiger partial charge in [-0.2, -0.15) is 12.6 Å². The molecule has 0 radical (unpaired) electrons. The predicted molar refractivity (Wildman–Crippen MR) is 72.7 cm³/mol. The lowest BCUT2D eigenvalue weighted by Gasteiger charge is -2.02. The molecule has 0 amide bonds. The van der Waals surface area contributed by atoms with Crippen LogP contribution in [-0.4, -0.2) is 4.98 Å². The van der Waals surface area contributed by atoms with Gasteiger partial charge in [0.2, 0.25) is 0 Å². The molecule has 0 saturated heterocycles. The molecule has 4 heteroatoms.